The minimum atomic E-state index is -0.291. The Morgan fingerprint density at radius 2 is 2.06 bits per heavy atom. The minimum Gasteiger partial charge on any atom is -0.299 e. The topological polar surface area (TPSA) is 34.1 Å². The van der Waals surface area contributed by atoms with Crippen LogP contribution in [-0.4, -0.2) is 11.6 Å². The van der Waals surface area contributed by atoms with Crippen LogP contribution in [0.4, 0.5) is 0 Å². The summed E-state index contributed by atoms with van der Waals surface area (Å²) < 4.78 is 0. The number of Topliss-reactive ketones (excluding diaryl/α,β-unsaturated/α-hetero) is 2. The number of hydrogen-bond acceptors (Lipinski definition) is 2. The number of carbonyl (C=O) groups is 2. The largest absolute Gasteiger partial charge is 0.299 e. The highest BCUT2D eigenvalue weighted by molar-refractivity contribution is 6.05. The van der Waals surface area contributed by atoms with Gasteiger partial charge in [-0.25, -0.2) is 0 Å². The van der Waals surface area contributed by atoms with Crippen LogP contribution in [0.2, 0.25) is 0 Å². The molecule has 0 bridgehead atoms. The van der Waals surface area contributed by atoms with Crippen molar-refractivity contribution < 1.29 is 9.59 Å². The van der Waals surface area contributed by atoms with Crippen LogP contribution in [-0.2, 0) is 9.59 Å². The maximum atomic E-state index is 12.1. The summed E-state index contributed by atoms with van der Waals surface area (Å²) in [7, 11) is 0. The normalized spacial score (nSPS) is 24.4. The first kappa shape index (κ1) is 13.4. The zero-order valence-electron chi connectivity index (χ0n) is 10.8. The van der Waals surface area contributed by atoms with E-state index >= 15 is 0 Å². The Kier molecular flexibility index (Phi) is 4.69. The fourth-order valence-electron chi connectivity index (χ4n) is 2.50. The molecule has 0 N–H and O–H groups in total. The van der Waals surface area contributed by atoms with Gasteiger partial charge in [0.1, 0.15) is 11.6 Å². The van der Waals surface area contributed by atoms with Crippen molar-refractivity contribution in [1.29, 1.82) is 0 Å². The van der Waals surface area contributed by atoms with Gasteiger partial charge in [-0.2, -0.15) is 0 Å². The smallest absolute Gasteiger partial charge is 0.148 e. The van der Waals surface area contributed by atoms with Gasteiger partial charge >= 0.3 is 0 Å². The summed E-state index contributed by atoms with van der Waals surface area (Å²) in [5.41, 5.74) is -0.274. The maximum Gasteiger partial charge on any atom is 0.148 e. The molecule has 0 aliphatic heterocycles. The van der Waals surface area contributed by atoms with Crippen molar-refractivity contribution in [3.8, 4) is 0 Å². The minimum absolute atomic E-state index is 0.181. The summed E-state index contributed by atoms with van der Waals surface area (Å²) in [5.74, 6) is 0.0760. The van der Waals surface area contributed by atoms with Gasteiger partial charge < -0.3 is 0 Å². The van der Waals surface area contributed by atoms with Gasteiger partial charge in [-0.05, 0) is 19.3 Å². The van der Waals surface area contributed by atoms with Crippen molar-refractivity contribution in [2.45, 2.75) is 65.7 Å². The molecule has 0 aromatic heterocycles. The molecule has 0 spiro atoms. The Balaban J connectivity index is 2.52. The van der Waals surface area contributed by atoms with Crippen LogP contribution in [0.25, 0.3) is 0 Å². The van der Waals surface area contributed by atoms with E-state index in [-0.39, 0.29) is 22.9 Å². The van der Waals surface area contributed by atoms with Crippen molar-refractivity contribution in [1.82, 2.24) is 0 Å². The predicted molar refractivity (Wildman–Crippen MR) is 65.3 cm³/mol. The molecular formula is C14H24O2. The highest BCUT2D eigenvalue weighted by Gasteiger charge is 2.40. The molecular weight excluding hydrogens is 200 g/mol. The molecule has 1 atom stereocenters. The van der Waals surface area contributed by atoms with E-state index in [2.05, 4.69) is 6.92 Å². The first-order valence-electron chi connectivity index (χ1n) is 6.56. The molecule has 2 nitrogen and oxygen atoms in total. The third kappa shape index (κ3) is 3.16. The van der Waals surface area contributed by atoms with Gasteiger partial charge in [0.05, 0.1) is 5.92 Å². The van der Waals surface area contributed by atoms with Gasteiger partial charge in [-0.1, -0.05) is 40.0 Å². The lowest BCUT2D eigenvalue weighted by atomic mass is 9.69. The molecule has 92 valence electrons. The second kappa shape index (κ2) is 5.60. The average molecular weight is 224 g/mol. The predicted octanol–water partition coefficient (Wildman–Crippen LogP) is 3.53. The van der Waals surface area contributed by atoms with E-state index in [0.29, 0.717) is 6.42 Å². The molecule has 0 saturated heterocycles. The molecule has 2 heteroatoms. The molecule has 0 aromatic rings. The van der Waals surface area contributed by atoms with Crippen molar-refractivity contribution in [2.24, 2.45) is 11.3 Å². The third-order valence-corrected chi connectivity index (χ3v) is 3.69. The van der Waals surface area contributed by atoms with Crippen LogP contribution >= 0.6 is 0 Å². The lowest BCUT2D eigenvalue weighted by Crippen LogP contribution is -2.39. The fraction of sp³-hybridized carbons (Fsp3) is 0.857. The molecule has 0 amide bonds. The van der Waals surface area contributed by atoms with Crippen LogP contribution in [0.3, 0.4) is 0 Å². The SMILES string of the molecule is CCCCCC(=O)C1CCCC(C)(C)C1=O. The number of rotatable bonds is 5. The van der Waals surface area contributed by atoms with E-state index in [9.17, 15) is 9.59 Å². The lowest BCUT2D eigenvalue weighted by Gasteiger charge is -2.32. The zero-order chi connectivity index (χ0) is 12.2. The quantitative estimate of drug-likeness (QED) is 0.529. The van der Waals surface area contributed by atoms with Crippen molar-refractivity contribution in [3.63, 3.8) is 0 Å². The second-order valence-corrected chi connectivity index (χ2v) is 5.62. The van der Waals surface area contributed by atoms with Gasteiger partial charge in [0, 0.05) is 11.8 Å². The molecule has 1 aliphatic rings. The molecule has 0 heterocycles. The second-order valence-electron chi connectivity index (χ2n) is 5.62. The third-order valence-electron chi connectivity index (χ3n) is 3.69. The molecule has 1 unspecified atom stereocenters. The van der Waals surface area contributed by atoms with E-state index < -0.39 is 0 Å². The first-order chi connectivity index (χ1) is 7.49. The van der Waals surface area contributed by atoms with Crippen molar-refractivity contribution in [2.75, 3.05) is 0 Å². The highest BCUT2D eigenvalue weighted by Crippen LogP contribution is 2.36. The Bertz CT molecular complexity index is 266. The Morgan fingerprint density at radius 3 is 2.69 bits per heavy atom. The van der Waals surface area contributed by atoms with Crippen LogP contribution in [0.5, 0.6) is 0 Å². The standard InChI is InChI=1S/C14H24O2/c1-4-5-6-9-12(15)11-8-7-10-14(2,3)13(11)16/h11H,4-10H2,1-3H3. The summed E-state index contributed by atoms with van der Waals surface area (Å²) in [6.45, 7) is 6.07. The van der Waals surface area contributed by atoms with Crippen LogP contribution in [0.1, 0.15) is 65.7 Å². The monoisotopic (exact) mass is 224 g/mol. The summed E-state index contributed by atoms with van der Waals surface area (Å²) in [5, 5.41) is 0. The molecule has 0 radical (unpaired) electrons. The summed E-state index contributed by atoms with van der Waals surface area (Å²) in [6, 6.07) is 0. The van der Waals surface area contributed by atoms with Crippen LogP contribution < -0.4 is 0 Å². The van der Waals surface area contributed by atoms with Gasteiger partial charge in [0.2, 0.25) is 0 Å². The lowest BCUT2D eigenvalue weighted by molar-refractivity contribution is -0.141. The van der Waals surface area contributed by atoms with Crippen molar-refractivity contribution >= 4 is 11.6 Å². The number of ketones is 2. The van der Waals surface area contributed by atoms with E-state index in [1.54, 1.807) is 0 Å². The molecule has 1 rings (SSSR count). The zero-order valence-corrected chi connectivity index (χ0v) is 10.8. The van der Waals surface area contributed by atoms with E-state index in [1.165, 1.54) is 0 Å². The van der Waals surface area contributed by atoms with Gasteiger partial charge in [-0.3, -0.25) is 9.59 Å². The number of unbranched alkanes of at least 4 members (excludes halogenated alkanes) is 2. The molecule has 1 fully saturated rings. The van der Waals surface area contributed by atoms with Crippen LogP contribution in [0.15, 0.2) is 0 Å². The van der Waals surface area contributed by atoms with Gasteiger partial charge in [0.25, 0.3) is 0 Å². The highest BCUT2D eigenvalue weighted by atomic mass is 16.2. The number of carbonyl (C=O) groups excluding carboxylic acids is 2. The average Bonchev–Trinajstić information content (AvgIpc) is 2.22. The number of hydrogen-bond donors (Lipinski definition) is 0. The van der Waals surface area contributed by atoms with Crippen molar-refractivity contribution in [3.05, 3.63) is 0 Å². The fourth-order valence-corrected chi connectivity index (χ4v) is 2.50. The summed E-state index contributed by atoms with van der Waals surface area (Å²) >= 11 is 0. The van der Waals surface area contributed by atoms with E-state index in [0.717, 1.165) is 38.5 Å². The van der Waals surface area contributed by atoms with E-state index in [1.807, 2.05) is 13.8 Å². The Hall–Kier alpha value is -0.660. The maximum absolute atomic E-state index is 12.1. The van der Waals surface area contributed by atoms with Crippen LogP contribution in [0, 0.1) is 11.3 Å². The molecule has 1 saturated carbocycles. The molecule has 1 aliphatic carbocycles. The van der Waals surface area contributed by atoms with E-state index in [4.69, 9.17) is 0 Å². The summed E-state index contributed by atoms with van der Waals surface area (Å²) in [6.07, 6.45) is 6.49. The molecule has 0 aromatic carbocycles. The Labute approximate surface area is 98.8 Å². The molecule has 16 heavy (non-hydrogen) atoms. The van der Waals surface area contributed by atoms with Gasteiger partial charge in [0.15, 0.2) is 0 Å². The summed E-state index contributed by atoms with van der Waals surface area (Å²) in [4.78, 5) is 24.1. The first-order valence-corrected chi connectivity index (χ1v) is 6.56. The van der Waals surface area contributed by atoms with Gasteiger partial charge in [-0.15, -0.1) is 0 Å². The Morgan fingerprint density at radius 1 is 1.38 bits per heavy atom.